The number of aryl methyl sites for hydroxylation is 2. The van der Waals surface area contributed by atoms with E-state index in [1.807, 2.05) is 0 Å². The van der Waals surface area contributed by atoms with Gasteiger partial charge in [0.1, 0.15) is 0 Å². The van der Waals surface area contributed by atoms with Gasteiger partial charge in [-0.25, -0.2) is 0 Å². The summed E-state index contributed by atoms with van der Waals surface area (Å²) in [6, 6.07) is 21.3. The average molecular weight is 644 g/mol. The molecule has 0 bridgehead atoms. The van der Waals surface area contributed by atoms with Crippen LogP contribution in [0.15, 0.2) is 61.2 Å². The van der Waals surface area contributed by atoms with Gasteiger partial charge in [0.25, 0.3) is 5.91 Å². The van der Waals surface area contributed by atoms with Crippen LogP contribution in [0.25, 0.3) is 5.70 Å². The number of hydrogen-bond donors (Lipinski definition) is 1. The molecular formula is C42H53N5O. The highest BCUT2D eigenvalue weighted by Crippen LogP contribution is 2.46. The van der Waals surface area contributed by atoms with Crippen LogP contribution in [0.1, 0.15) is 82.8 Å². The summed E-state index contributed by atoms with van der Waals surface area (Å²) < 4.78 is 0. The van der Waals surface area contributed by atoms with Gasteiger partial charge in [-0.3, -0.25) is 9.69 Å². The van der Waals surface area contributed by atoms with Crippen LogP contribution in [0.4, 0.5) is 11.4 Å². The summed E-state index contributed by atoms with van der Waals surface area (Å²) in [5.74, 6) is 0.807. The molecule has 252 valence electrons. The van der Waals surface area contributed by atoms with E-state index in [9.17, 15) is 4.79 Å². The molecule has 3 saturated heterocycles. The molecule has 1 amide bonds. The van der Waals surface area contributed by atoms with Crippen molar-refractivity contribution in [2.24, 2.45) is 11.3 Å². The number of anilines is 2. The van der Waals surface area contributed by atoms with Crippen molar-refractivity contribution >= 4 is 23.0 Å². The molecule has 6 heteroatoms. The highest BCUT2D eigenvalue weighted by molar-refractivity contribution is 5.97. The van der Waals surface area contributed by atoms with Gasteiger partial charge < -0.3 is 20.0 Å². The fourth-order valence-corrected chi connectivity index (χ4v) is 9.49. The van der Waals surface area contributed by atoms with E-state index >= 15 is 0 Å². The Balaban J connectivity index is 0.812. The standard InChI is InChI=1S/C42H53N5O/c1-29-5-8-39(21-30(29)2)47-28-42(24-31(47)3)14-19-46(20-15-42)38-9-6-34(7-10-38)32(4)45-17-12-33(13-18-45)25-44-26-36-22-35-11-16-43-41(48)40(35)23-37(36)27-44/h5-10,21-23,31,33H,4,11-20,24-28H2,1-3H3,(H,43,48). The van der Waals surface area contributed by atoms with Crippen molar-refractivity contribution in [3.05, 3.63) is 100 Å². The molecule has 1 unspecified atom stereocenters. The molecule has 8 rings (SSSR count). The van der Waals surface area contributed by atoms with Crippen molar-refractivity contribution in [1.82, 2.24) is 15.1 Å². The average Bonchev–Trinajstić information content (AvgIpc) is 3.64. The van der Waals surface area contributed by atoms with Crippen molar-refractivity contribution in [3.8, 4) is 0 Å². The van der Waals surface area contributed by atoms with Crippen molar-refractivity contribution in [2.45, 2.75) is 78.4 Å². The molecule has 1 spiro atoms. The van der Waals surface area contributed by atoms with Gasteiger partial charge in [-0.1, -0.05) is 30.8 Å². The molecule has 0 saturated carbocycles. The normalized spacial score (nSPS) is 22.6. The lowest BCUT2D eigenvalue weighted by atomic mass is 9.76. The maximum Gasteiger partial charge on any atom is 0.251 e. The fourth-order valence-electron chi connectivity index (χ4n) is 9.49. The van der Waals surface area contributed by atoms with Crippen LogP contribution in [-0.2, 0) is 19.5 Å². The molecule has 6 nitrogen and oxygen atoms in total. The summed E-state index contributed by atoms with van der Waals surface area (Å²) in [6.45, 7) is 20.9. The molecule has 5 heterocycles. The Morgan fingerprint density at radius 2 is 1.58 bits per heavy atom. The number of nitrogens with one attached hydrogen (secondary N) is 1. The monoisotopic (exact) mass is 643 g/mol. The third-order valence-electron chi connectivity index (χ3n) is 12.6. The second-order valence-corrected chi connectivity index (χ2v) is 15.8. The number of rotatable bonds is 6. The van der Waals surface area contributed by atoms with Gasteiger partial charge in [0.15, 0.2) is 0 Å². The Hall–Kier alpha value is -3.77. The number of piperidine rings is 2. The molecule has 48 heavy (non-hydrogen) atoms. The lowest BCUT2D eigenvalue weighted by molar-refractivity contribution is 0.0946. The summed E-state index contributed by atoms with van der Waals surface area (Å²) in [6.07, 6.45) is 7.20. The van der Waals surface area contributed by atoms with E-state index in [1.165, 1.54) is 89.1 Å². The maximum absolute atomic E-state index is 12.3. The number of hydrogen-bond acceptors (Lipinski definition) is 5. The largest absolute Gasteiger partial charge is 0.372 e. The molecular weight excluding hydrogens is 590 g/mol. The molecule has 0 aliphatic carbocycles. The Labute approximate surface area is 287 Å². The van der Waals surface area contributed by atoms with E-state index < -0.39 is 0 Å². The van der Waals surface area contributed by atoms with Crippen molar-refractivity contribution in [3.63, 3.8) is 0 Å². The van der Waals surface area contributed by atoms with E-state index in [0.29, 0.717) is 17.4 Å². The minimum atomic E-state index is 0.0965. The van der Waals surface area contributed by atoms with Crippen molar-refractivity contribution in [1.29, 1.82) is 0 Å². The van der Waals surface area contributed by atoms with Gasteiger partial charge in [-0.05, 0) is 134 Å². The van der Waals surface area contributed by atoms with Crippen LogP contribution in [0, 0.1) is 25.2 Å². The predicted octanol–water partition coefficient (Wildman–Crippen LogP) is 7.17. The van der Waals surface area contributed by atoms with Crippen LogP contribution in [0.3, 0.4) is 0 Å². The summed E-state index contributed by atoms with van der Waals surface area (Å²) in [5, 5.41) is 3.00. The maximum atomic E-state index is 12.3. The first kappa shape index (κ1) is 31.5. The summed E-state index contributed by atoms with van der Waals surface area (Å²) in [7, 11) is 0. The third-order valence-corrected chi connectivity index (χ3v) is 12.6. The van der Waals surface area contributed by atoms with Crippen molar-refractivity contribution in [2.75, 3.05) is 55.6 Å². The third kappa shape index (κ3) is 6.02. The van der Waals surface area contributed by atoms with Crippen LogP contribution in [-0.4, -0.2) is 67.6 Å². The Morgan fingerprint density at radius 1 is 0.875 bits per heavy atom. The smallest absolute Gasteiger partial charge is 0.251 e. The molecule has 1 N–H and O–H groups in total. The molecule has 3 aromatic rings. The minimum absolute atomic E-state index is 0.0965. The molecule has 5 aliphatic rings. The number of carbonyl (C=O) groups is 1. The first-order chi connectivity index (χ1) is 23.2. The van der Waals surface area contributed by atoms with Gasteiger partial charge in [0.2, 0.25) is 0 Å². The van der Waals surface area contributed by atoms with Gasteiger partial charge in [0.05, 0.1) is 0 Å². The Morgan fingerprint density at radius 3 is 2.31 bits per heavy atom. The first-order valence-corrected chi connectivity index (χ1v) is 18.5. The Kier molecular flexibility index (Phi) is 8.27. The van der Waals surface area contributed by atoms with Crippen LogP contribution in [0.5, 0.6) is 0 Å². The molecule has 0 radical (unpaired) electrons. The summed E-state index contributed by atoms with van der Waals surface area (Å²) >= 11 is 0. The summed E-state index contributed by atoms with van der Waals surface area (Å²) in [4.78, 5) is 22.7. The number of benzene rings is 3. The number of nitrogens with zero attached hydrogens (tertiary/aromatic N) is 4. The van der Waals surface area contributed by atoms with Crippen LogP contribution < -0.4 is 15.1 Å². The quantitative estimate of drug-likeness (QED) is 0.309. The van der Waals surface area contributed by atoms with Gasteiger partial charge in [-0.15, -0.1) is 0 Å². The summed E-state index contributed by atoms with van der Waals surface area (Å²) in [5.41, 5.74) is 13.3. The highest BCUT2D eigenvalue weighted by atomic mass is 16.1. The number of carbonyl (C=O) groups excluding carboxylic acids is 1. The number of fused-ring (bicyclic) bond motifs is 2. The zero-order chi connectivity index (χ0) is 33.0. The fraction of sp³-hybridized carbons (Fsp3) is 0.500. The molecule has 5 aliphatic heterocycles. The van der Waals surface area contributed by atoms with Crippen molar-refractivity contribution < 1.29 is 4.79 Å². The van der Waals surface area contributed by atoms with Crippen LogP contribution in [0.2, 0.25) is 0 Å². The zero-order valence-electron chi connectivity index (χ0n) is 29.4. The Bertz CT molecular complexity index is 1700. The van der Waals surface area contributed by atoms with Gasteiger partial charge in [0, 0.05) is 87.6 Å². The molecule has 3 aromatic carbocycles. The topological polar surface area (TPSA) is 42.1 Å². The lowest BCUT2D eigenvalue weighted by Gasteiger charge is -2.40. The first-order valence-electron chi connectivity index (χ1n) is 18.5. The van der Waals surface area contributed by atoms with E-state index in [-0.39, 0.29) is 5.91 Å². The SMILES string of the molecule is C=C(c1ccc(N2CCC3(CC2)CC(C)N(c2ccc(C)c(C)c2)C3)cc1)N1CCC(CN2Cc3cc4c(cc3C2)C(=O)NCC4)CC1. The number of amides is 1. The molecule has 1 atom stereocenters. The molecule has 0 aromatic heterocycles. The molecule has 3 fully saturated rings. The van der Waals surface area contributed by atoms with Gasteiger partial charge >= 0.3 is 0 Å². The van der Waals surface area contributed by atoms with E-state index in [1.54, 1.807) is 0 Å². The lowest BCUT2D eigenvalue weighted by Crippen LogP contribution is -2.41. The van der Waals surface area contributed by atoms with E-state index in [4.69, 9.17) is 0 Å². The minimum Gasteiger partial charge on any atom is -0.372 e. The van der Waals surface area contributed by atoms with E-state index in [0.717, 1.165) is 64.3 Å². The second-order valence-electron chi connectivity index (χ2n) is 15.8. The van der Waals surface area contributed by atoms with E-state index in [2.05, 4.69) is 107 Å². The van der Waals surface area contributed by atoms with Gasteiger partial charge in [-0.2, -0.15) is 0 Å². The van der Waals surface area contributed by atoms with Crippen LogP contribution >= 0.6 is 0 Å². The number of likely N-dealkylation sites (tertiary alicyclic amines) is 1. The second kappa shape index (κ2) is 12.6. The predicted molar refractivity (Wildman–Crippen MR) is 198 cm³/mol. The zero-order valence-corrected chi connectivity index (χ0v) is 29.4. The highest BCUT2D eigenvalue weighted by Gasteiger charge is 2.44.